The van der Waals surface area contributed by atoms with E-state index in [2.05, 4.69) is 94.1 Å². The highest BCUT2D eigenvalue weighted by Gasteiger charge is 2.21. The second kappa shape index (κ2) is 10.4. The van der Waals surface area contributed by atoms with Crippen LogP contribution in [0.2, 0.25) is 0 Å². The number of phenolic OH excluding ortho intramolecular Hbond substituents is 2. The first-order chi connectivity index (χ1) is 23.0. The van der Waals surface area contributed by atoms with Crippen molar-refractivity contribution in [3.8, 4) is 45.1 Å². The number of para-hydroxylation sites is 2. The maximum atomic E-state index is 11.3. The zero-order chi connectivity index (χ0) is 31.6. The predicted molar refractivity (Wildman–Crippen MR) is 195 cm³/mol. The van der Waals surface area contributed by atoms with Crippen molar-refractivity contribution in [2.45, 2.75) is 0 Å². The van der Waals surface area contributed by atoms with Crippen molar-refractivity contribution < 1.29 is 10.2 Å². The van der Waals surface area contributed by atoms with Gasteiger partial charge in [0.1, 0.15) is 19.3 Å². The Bertz CT molecular complexity index is 2670. The van der Waals surface area contributed by atoms with Crippen molar-refractivity contribution in [1.29, 1.82) is 0 Å². The van der Waals surface area contributed by atoms with Crippen molar-refractivity contribution in [3.05, 3.63) is 152 Å². The maximum Gasteiger partial charge on any atom is 0.125 e. The molecule has 0 atom stereocenters. The summed E-state index contributed by atoms with van der Waals surface area (Å²) in [5.41, 5.74) is 10.5. The topological polar surface area (TPSA) is 50.3 Å². The SMILES string of the molecule is [B]c1cccc(-c2ccc(-n3c4ccccc4c4c5c6ccc(-c7cccc(O)c7)cc6n(-c6ccccc6)c5ccc43)cc2O)c1. The lowest BCUT2D eigenvalue weighted by molar-refractivity contribution is 0.475. The molecule has 9 rings (SSSR count). The molecule has 7 aromatic carbocycles. The number of fused-ring (bicyclic) bond motifs is 7. The first kappa shape index (κ1) is 27.1. The summed E-state index contributed by atoms with van der Waals surface area (Å²) in [6.07, 6.45) is 0. The van der Waals surface area contributed by atoms with Gasteiger partial charge in [-0.1, -0.05) is 90.4 Å². The average Bonchev–Trinajstić information content (AvgIpc) is 3.61. The first-order valence-electron chi connectivity index (χ1n) is 15.6. The molecule has 2 heterocycles. The summed E-state index contributed by atoms with van der Waals surface area (Å²) in [4.78, 5) is 0. The molecule has 5 heteroatoms. The fourth-order valence-electron chi connectivity index (χ4n) is 7.17. The lowest BCUT2D eigenvalue weighted by Crippen LogP contribution is -2.00. The monoisotopic (exact) mass is 602 g/mol. The number of benzene rings is 7. The fraction of sp³-hybridized carbons (Fsp3) is 0. The molecular formula is C42H27BN2O2. The Morgan fingerprint density at radius 2 is 1.11 bits per heavy atom. The minimum Gasteiger partial charge on any atom is -0.508 e. The smallest absolute Gasteiger partial charge is 0.125 e. The summed E-state index contributed by atoms with van der Waals surface area (Å²) in [7, 11) is 6.05. The van der Waals surface area contributed by atoms with Crippen LogP contribution in [-0.2, 0) is 0 Å². The van der Waals surface area contributed by atoms with E-state index in [1.165, 1.54) is 5.39 Å². The van der Waals surface area contributed by atoms with E-state index in [-0.39, 0.29) is 11.5 Å². The van der Waals surface area contributed by atoms with Gasteiger partial charge in [-0.3, -0.25) is 0 Å². The summed E-state index contributed by atoms with van der Waals surface area (Å²) in [6.45, 7) is 0. The third-order valence-corrected chi connectivity index (χ3v) is 9.20. The highest BCUT2D eigenvalue weighted by atomic mass is 16.3. The van der Waals surface area contributed by atoms with Crippen LogP contribution in [0.25, 0.3) is 77.2 Å². The van der Waals surface area contributed by atoms with Crippen LogP contribution in [0.3, 0.4) is 0 Å². The normalized spacial score (nSPS) is 11.7. The van der Waals surface area contributed by atoms with Gasteiger partial charge in [0.05, 0.1) is 22.1 Å². The van der Waals surface area contributed by atoms with Gasteiger partial charge in [-0.25, -0.2) is 0 Å². The highest BCUT2D eigenvalue weighted by Crippen LogP contribution is 2.44. The van der Waals surface area contributed by atoms with Crippen LogP contribution in [0.4, 0.5) is 0 Å². The minimum absolute atomic E-state index is 0.195. The van der Waals surface area contributed by atoms with Crippen LogP contribution in [-0.4, -0.2) is 27.2 Å². The molecule has 0 amide bonds. The molecule has 47 heavy (non-hydrogen) atoms. The lowest BCUT2D eigenvalue weighted by Gasteiger charge is -2.12. The second-order valence-corrected chi connectivity index (χ2v) is 12.0. The molecule has 2 N–H and O–H groups in total. The summed E-state index contributed by atoms with van der Waals surface area (Å²) >= 11 is 0. The first-order valence-corrected chi connectivity index (χ1v) is 15.6. The van der Waals surface area contributed by atoms with E-state index in [1.54, 1.807) is 12.1 Å². The molecule has 9 aromatic rings. The third kappa shape index (κ3) is 4.24. The molecule has 0 spiro atoms. The van der Waals surface area contributed by atoms with E-state index < -0.39 is 0 Å². The number of phenols is 2. The minimum atomic E-state index is 0.195. The summed E-state index contributed by atoms with van der Waals surface area (Å²) in [5.74, 6) is 0.438. The molecule has 0 fully saturated rings. The van der Waals surface area contributed by atoms with Gasteiger partial charge in [-0.05, 0) is 77.4 Å². The molecule has 0 aliphatic carbocycles. The van der Waals surface area contributed by atoms with Gasteiger partial charge in [0.25, 0.3) is 0 Å². The van der Waals surface area contributed by atoms with E-state index in [1.807, 2.05) is 54.6 Å². The summed E-state index contributed by atoms with van der Waals surface area (Å²) in [6, 6.07) is 50.7. The Morgan fingerprint density at radius 3 is 1.87 bits per heavy atom. The van der Waals surface area contributed by atoms with Crippen LogP contribution < -0.4 is 5.46 Å². The number of aromatic nitrogens is 2. The van der Waals surface area contributed by atoms with Gasteiger partial charge >= 0.3 is 0 Å². The Balaban J connectivity index is 1.35. The largest absolute Gasteiger partial charge is 0.508 e. The summed E-state index contributed by atoms with van der Waals surface area (Å²) < 4.78 is 4.56. The van der Waals surface area contributed by atoms with Crippen LogP contribution in [0.15, 0.2) is 152 Å². The molecule has 4 nitrogen and oxygen atoms in total. The van der Waals surface area contributed by atoms with Crippen LogP contribution in [0.1, 0.15) is 0 Å². The summed E-state index contributed by atoms with van der Waals surface area (Å²) in [5, 5.41) is 26.1. The predicted octanol–water partition coefficient (Wildman–Crippen LogP) is 9.42. The molecule has 2 radical (unpaired) electrons. The van der Waals surface area contributed by atoms with Gasteiger partial charge in [-0.2, -0.15) is 0 Å². The van der Waals surface area contributed by atoms with Gasteiger partial charge in [0.2, 0.25) is 0 Å². The van der Waals surface area contributed by atoms with Crippen molar-refractivity contribution in [2.24, 2.45) is 0 Å². The van der Waals surface area contributed by atoms with Crippen LogP contribution >= 0.6 is 0 Å². The molecular weight excluding hydrogens is 575 g/mol. The Hall–Kier alpha value is -6.20. The van der Waals surface area contributed by atoms with Gasteiger partial charge in [-0.15, -0.1) is 0 Å². The molecule has 0 unspecified atom stereocenters. The number of hydrogen-bond acceptors (Lipinski definition) is 2. The van der Waals surface area contributed by atoms with Crippen molar-refractivity contribution in [1.82, 2.24) is 9.13 Å². The Labute approximate surface area is 272 Å². The number of hydrogen-bond donors (Lipinski definition) is 2. The van der Waals surface area contributed by atoms with E-state index >= 15 is 0 Å². The fourth-order valence-corrected chi connectivity index (χ4v) is 7.17. The van der Waals surface area contributed by atoms with Gasteiger partial charge < -0.3 is 19.3 Å². The van der Waals surface area contributed by atoms with E-state index in [9.17, 15) is 10.2 Å². The van der Waals surface area contributed by atoms with E-state index in [0.29, 0.717) is 5.46 Å². The molecule has 0 saturated heterocycles. The second-order valence-electron chi connectivity index (χ2n) is 12.0. The maximum absolute atomic E-state index is 11.3. The molecule has 0 aliphatic heterocycles. The molecule has 2 aromatic heterocycles. The zero-order valence-electron chi connectivity index (χ0n) is 25.3. The number of nitrogens with zero attached hydrogens (tertiary/aromatic N) is 2. The van der Waals surface area contributed by atoms with Gasteiger partial charge in [0, 0.05) is 44.5 Å². The molecule has 0 aliphatic rings. The Morgan fingerprint density at radius 1 is 0.426 bits per heavy atom. The quantitative estimate of drug-likeness (QED) is 0.197. The van der Waals surface area contributed by atoms with E-state index in [0.717, 1.165) is 71.9 Å². The van der Waals surface area contributed by atoms with Crippen molar-refractivity contribution >= 4 is 56.9 Å². The standard InChI is InChI=1S/C42H27BN2O2/c43-29-10-6-9-28(22-29)33-19-17-31(25-40(33)47)45-36-15-5-4-14-34(36)41-38(45)21-20-37-42(41)35-18-16-27(26-8-7-13-32(46)23-26)24-39(35)44(37)30-11-2-1-3-12-30/h1-25,46-47H. The molecule has 0 bridgehead atoms. The lowest BCUT2D eigenvalue weighted by atomic mass is 9.92. The van der Waals surface area contributed by atoms with Crippen molar-refractivity contribution in [2.75, 3.05) is 0 Å². The average molecular weight is 603 g/mol. The molecule has 220 valence electrons. The zero-order valence-corrected chi connectivity index (χ0v) is 25.3. The van der Waals surface area contributed by atoms with Crippen molar-refractivity contribution in [3.63, 3.8) is 0 Å². The third-order valence-electron chi connectivity index (χ3n) is 9.20. The van der Waals surface area contributed by atoms with E-state index in [4.69, 9.17) is 7.85 Å². The Kier molecular flexibility index (Phi) is 6.02. The molecule has 0 saturated carbocycles. The van der Waals surface area contributed by atoms with Crippen LogP contribution in [0.5, 0.6) is 11.5 Å². The highest BCUT2D eigenvalue weighted by molar-refractivity contribution is 6.32. The van der Waals surface area contributed by atoms with Crippen LogP contribution in [0, 0.1) is 0 Å². The number of aromatic hydroxyl groups is 2. The number of rotatable bonds is 4. The van der Waals surface area contributed by atoms with Gasteiger partial charge in [0.15, 0.2) is 0 Å².